The first-order valence-corrected chi connectivity index (χ1v) is 9.89. The first kappa shape index (κ1) is 19.1. The van der Waals surface area contributed by atoms with Crippen molar-refractivity contribution in [3.63, 3.8) is 0 Å². The smallest absolute Gasteiger partial charge is 0.272 e. The van der Waals surface area contributed by atoms with Gasteiger partial charge in [0.1, 0.15) is 11.5 Å². The predicted octanol–water partition coefficient (Wildman–Crippen LogP) is 3.07. The van der Waals surface area contributed by atoms with Crippen molar-refractivity contribution in [3.05, 3.63) is 48.4 Å². The van der Waals surface area contributed by atoms with Crippen molar-refractivity contribution in [1.29, 1.82) is 0 Å². The zero-order valence-electron chi connectivity index (χ0n) is 16.3. The van der Waals surface area contributed by atoms with Crippen molar-refractivity contribution < 1.29 is 4.79 Å². The van der Waals surface area contributed by atoms with Crippen molar-refractivity contribution in [2.45, 2.75) is 26.7 Å². The van der Waals surface area contributed by atoms with Crippen LogP contribution in [0.25, 0.3) is 0 Å². The van der Waals surface area contributed by atoms with Crippen LogP contribution in [-0.2, 0) is 0 Å². The van der Waals surface area contributed by atoms with E-state index in [4.69, 9.17) is 0 Å². The summed E-state index contributed by atoms with van der Waals surface area (Å²) in [6.07, 6.45) is 5.84. The highest BCUT2D eigenvalue weighted by Gasteiger charge is 2.23. The zero-order valence-corrected chi connectivity index (χ0v) is 16.3. The predicted molar refractivity (Wildman–Crippen MR) is 109 cm³/mol. The molecule has 1 fully saturated rings. The van der Waals surface area contributed by atoms with Crippen LogP contribution in [-0.4, -0.2) is 60.0 Å². The van der Waals surface area contributed by atoms with Crippen LogP contribution in [0.5, 0.6) is 0 Å². The summed E-state index contributed by atoms with van der Waals surface area (Å²) in [5.74, 6) is 0.985. The van der Waals surface area contributed by atoms with Crippen molar-refractivity contribution in [1.82, 2.24) is 14.9 Å². The third kappa shape index (κ3) is 4.76. The molecule has 0 unspecified atom stereocenters. The highest BCUT2D eigenvalue weighted by Crippen LogP contribution is 2.17. The molecule has 0 saturated carbocycles. The molecule has 1 amide bonds. The Morgan fingerprint density at radius 3 is 2.30 bits per heavy atom. The van der Waals surface area contributed by atoms with Crippen LogP contribution in [0.2, 0.25) is 0 Å². The number of pyridine rings is 2. The van der Waals surface area contributed by atoms with Gasteiger partial charge in [0, 0.05) is 45.5 Å². The second kappa shape index (κ2) is 9.35. The fourth-order valence-electron chi connectivity index (χ4n) is 3.45. The summed E-state index contributed by atoms with van der Waals surface area (Å²) in [5, 5.41) is 0. The SMILES string of the molecule is CCCN(CCC)c1ccc(C(=O)N2CCN(c3ccccn3)CC2)nc1. The number of anilines is 2. The van der Waals surface area contributed by atoms with Crippen molar-refractivity contribution in [2.24, 2.45) is 0 Å². The molecule has 0 spiro atoms. The average Bonchev–Trinajstić information content (AvgIpc) is 2.74. The van der Waals surface area contributed by atoms with Gasteiger partial charge in [0.15, 0.2) is 0 Å². The van der Waals surface area contributed by atoms with E-state index in [0.29, 0.717) is 18.8 Å². The molecule has 144 valence electrons. The number of hydrogen-bond donors (Lipinski definition) is 0. The molecule has 0 aromatic carbocycles. The zero-order chi connectivity index (χ0) is 19.1. The summed E-state index contributed by atoms with van der Waals surface area (Å²) in [6, 6.07) is 9.80. The van der Waals surface area contributed by atoms with Gasteiger partial charge < -0.3 is 14.7 Å². The lowest BCUT2D eigenvalue weighted by Crippen LogP contribution is -2.49. The van der Waals surface area contributed by atoms with E-state index < -0.39 is 0 Å². The molecule has 1 aliphatic rings. The normalized spacial score (nSPS) is 14.3. The third-order valence-electron chi connectivity index (χ3n) is 4.86. The van der Waals surface area contributed by atoms with Gasteiger partial charge in [-0.3, -0.25) is 4.79 Å². The summed E-state index contributed by atoms with van der Waals surface area (Å²) >= 11 is 0. The molecule has 1 saturated heterocycles. The summed E-state index contributed by atoms with van der Waals surface area (Å²) in [4.78, 5) is 28.1. The minimum Gasteiger partial charge on any atom is -0.370 e. The molecule has 1 aliphatic heterocycles. The largest absolute Gasteiger partial charge is 0.370 e. The maximum Gasteiger partial charge on any atom is 0.272 e. The van der Waals surface area contributed by atoms with E-state index in [-0.39, 0.29) is 5.91 Å². The van der Waals surface area contributed by atoms with Crippen molar-refractivity contribution >= 4 is 17.4 Å². The van der Waals surface area contributed by atoms with Crippen LogP contribution in [0.3, 0.4) is 0 Å². The highest BCUT2D eigenvalue weighted by atomic mass is 16.2. The quantitative estimate of drug-likeness (QED) is 0.753. The van der Waals surface area contributed by atoms with E-state index in [1.54, 1.807) is 6.20 Å². The molecule has 0 bridgehead atoms. The van der Waals surface area contributed by atoms with E-state index in [1.807, 2.05) is 41.4 Å². The molecule has 27 heavy (non-hydrogen) atoms. The lowest BCUT2D eigenvalue weighted by Gasteiger charge is -2.35. The van der Waals surface area contributed by atoms with Gasteiger partial charge >= 0.3 is 0 Å². The molecule has 2 aromatic heterocycles. The second-order valence-corrected chi connectivity index (χ2v) is 6.86. The Balaban J connectivity index is 1.60. The molecule has 6 nitrogen and oxygen atoms in total. The van der Waals surface area contributed by atoms with E-state index in [9.17, 15) is 4.79 Å². The van der Waals surface area contributed by atoms with E-state index in [1.165, 1.54) is 0 Å². The van der Waals surface area contributed by atoms with Gasteiger partial charge in [-0.15, -0.1) is 0 Å². The summed E-state index contributed by atoms with van der Waals surface area (Å²) < 4.78 is 0. The van der Waals surface area contributed by atoms with Crippen LogP contribution in [0.4, 0.5) is 11.5 Å². The molecular weight excluding hydrogens is 338 g/mol. The van der Waals surface area contributed by atoms with Crippen LogP contribution in [0.1, 0.15) is 37.2 Å². The van der Waals surface area contributed by atoms with E-state index in [0.717, 1.165) is 50.5 Å². The molecule has 0 radical (unpaired) electrons. The van der Waals surface area contributed by atoms with Crippen LogP contribution >= 0.6 is 0 Å². The summed E-state index contributed by atoms with van der Waals surface area (Å²) in [5.41, 5.74) is 1.62. The topological polar surface area (TPSA) is 52.6 Å². The van der Waals surface area contributed by atoms with Crippen LogP contribution < -0.4 is 9.80 Å². The van der Waals surface area contributed by atoms with Gasteiger partial charge in [-0.1, -0.05) is 19.9 Å². The molecule has 0 atom stereocenters. The number of amides is 1. The minimum atomic E-state index is 0.0137. The molecule has 2 aromatic rings. The third-order valence-corrected chi connectivity index (χ3v) is 4.86. The monoisotopic (exact) mass is 367 g/mol. The number of hydrogen-bond acceptors (Lipinski definition) is 5. The van der Waals surface area contributed by atoms with E-state index in [2.05, 4.69) is 33.6 Å². The van der Waals surface area contributed by atoms with Crippen molar-refractivity contribution in [2.75, 3.05) is 49.1 Å². The first-order valence-electron chi connectivity index (χ1n) is 9.89. The lowest BCUT2D eigenvalue weighted by atomic mass is 10.2. The number of piperazine rings is 1. The molecule has 3 heterocycles. The molecule has 6 heteroatoms. The Morgan fingerprint density at radius 1 is 1.00 bits per heavy atom. The Hall–Kier alpha value is -2.63. The van der Waals surface area contributed by atoms with Gasteiger partial charge in [-0.25, -0.2) is 9.97 Å². The standard InChI is InChI=1S/C21H29N5O/c1-3-11-24(12-4-2)18-8-9-19(23-17-18)21(27)26-15-13-25(14-16-26)20-7-5-6-10-22-20/h5-10,17H,3-4,11-16H2,1-2H3. The van der Waals surface area contributed by atoms with Gasteiger partial charge in [0.2, 0.25) is 0 Å². The fourth-order valence-corrected chi connectivity index (χ4v) is 3.45. The molecule has 3 rings (SSSR count). The van der Waals surface area contributed by atoms with Crippen molar-refractivity contribution in [3.8, 4) is 0 Å². The van der Waals surface area contributed by atoms with E-state index >= 15 is 0 Å². The molecule has 0 aliphatic carbocycles. The van der Waals surface area contributed by atoms with Gasteiger partial charge in [-0.05, 0) is 37.1 Å². The Labute approximate surface area is 161 Å². The maximum absolute atomic E-state index is 12.8. The average molecular weight is 367 g/mol. The maximum atomic E-state index is 12.8. The summed E-state index contributed by atoms with van der Waals surface area (Å²) in [6.45, 7) is 9.35. The Kier molecular flexibility index (Phi) is 6.63. The van der Waals surface area contributed by atoms with Crippen LogP contribution in [0, 0.1) is 0 Å². The minimum absolute atomic E-state index is 0.0137. The van der Waals surface area contributed by atoms with Crippen LogP contribution in [0.15, 0.2) is 42.7 Å². The number of aromatic nitrogens is 2. The van der Waals surface area contributed by atoms with Gasteiger partial charge in [0.25, 0.3) is 5.91 Å². The molecule has 0 N–H and O–H groups in total. The number of nitrogens with zero attached hydrogens (tertiary/aromatic N) is 5. The number of carbonyl (C=O) groups excluding carboxylic acids is 1. The highest BCUT2D eigenvalue weighted by molar-refractivity contribution is 5.92. The fraction of sp³-hybridized carbons (Fsp3) is 0.476. The Morgan fingerprint density at radius 2 is 1.74 bits per heavy atom. The van der Waals surface area contributed by atoms with Gasteiger partial charge in [-0.2, -0.15) is 0 Å². The number of rotatable bonds is 7. The molecular formula is C21H29N5O. The second-order valence-electron chi connectivity index (χ2n) is 6.86. The lowest BCUT2D eigenvalue weighted by molar-refractivity contribution is 0.0740. The first-order chi connectivity index (χ1) is 13.2. The number of carbonyl (C=O) groups is 1. The van der Waals surface area contributed by atoms with Gasteiger partial charge in [0.05, 0.1) is 11.9 Å². The Bertz CT molecular complexity index is 705. The summed E-state index contributed by atoms with van der Waals surface area (Å²) in [7, 11) is 0.